The van der Waals surface area contributed by atoms with Crippen LogP contribution in [0.25, 0.3) is 0 Å². The van der Waals surface area contributed by atoms with Gasteiger partial charge in [0.25, 0.3) is 0 Å². The maximum atomic E-state index is 12.2. The molecule has 1 fully saturated rings. The Hall–Kier alpha value is -3.15. The number of esters is 1. The van der Waals surface area contributed by atoms with E-state index in [2.05, 4.69) is 5.18 Å². The molecule has 24 heavy (non-hydrogen) atoms. The predicted molar refractivity (Wildman–Crippen MR) is 85.3 cm³/mol. The SMILES string of the molecule is C/C=C1\CC2(OC1=O)c1ccc(O)cc1Oc1cc(N=O)ccc12. The van der Waals surface area contributed by atoms with E-state index in [0.717, 1.165) is 0 Å². The summed E-state index contributed by atoms with van der Waals surface area (Å²) in [4.78, 5) is 23.1. The van der Waals surface area contributed by atoms with Gasteiger partial charge in [0.15, 0.2) is 5.60 Å². The molecule has 1 spiro atoms. The molecule has 2 heterocycles. The largest absolute Gasteiger partial charge is 0.508 e. The summed E-state index contributed by atoms with van der Waals surface area (Å²) in [7, 11) is 0. The number of phenols is 1. The Kier molecular flexibility index (Phi) is 2.96. The highest BCUT2D eigenvalue weighted by molar-refractivity contribution is 5.92. The first-order chi connectivity index (χ1) is 11.6. The number of nitroso groups, excluding NO2 is 1. The van der Waals surface area contributed by atoms with Crippen molar-refractivity contribution in [3.63, 3.8) is 0 Å². The third kappa shape index (κ3) is 1.86. The number of allylic oxidation sites excluding steroid dienone is 1. The Morgan fingerprint density at radius 3 is 2.54 bits per heavy atom. The fourth-order valence-corrected chi connectivity index (χ4v) is 3.30. The molecule has 0 bridgehead atoms. The van der Waals surface area contributed by atoms with E-state index in [9.17, 15) is 14.8 Å². The Balaban J connectivity index is 2.00. The number of benzene rings is 2. The summed E-state index contributed by atoms with van der Waals surface area (Å²) in [6.07, 6.45) is 2.08. The number of hydrogen-bond acceptors (Lipinski definition) is 6. The van der Waals surface area contributed by atoms with Crippen LogP contribution in [0.15, 0.2) is 53.2 Å². The summed E-state index contributed by atoms with van der Waals surface area (Å²) < 4.78 is 11.6. The fraction of sp³-hybridized carbons (Fsp3) is 0.167. The molecule has 6 nitrogen and oxygen atoms in total. The standard InChI is InChI=1S/C18H13NO5/c1-2-10-9-18(24-17(10)21)13-5-3-11(19-22)7-15(13)23-16-8-12(20)4-6-14(16)18/h2-8,20H,9H2,1H3/b10-2+. The van der Waals surface area contributed by atoms with Gasteiger partial charge in [0.1, 0.15) is 22.9 Å². The lowest BCUT2D eigenvalue weighted by molar-refractivity contribution is -0.144. The molecular formula is C18H13NO5. The van der Waals surface area contributed by atoms with Crippen LogP contribution in [0.1, 0.15) is 24.5 Å². The number of aromatic hydroxyl groups is 1. The molecule has 1 atom stereocenters. The number of carbonyl (C=O) groups excluding carboxylic acids is 1. The van der Waals surface area contributed by atoms with Crippen LogP contribution in [0.4, 0.5) is 5.69 Å². The Morgan fingerprint density at radius 1 is 1.17 bits per heavy atom. The molecule has 2 aromatic carbocycles. The first-order valence-electron chi connectivity index (χ1n) is 7.45. The van der Waals surface area contributed by atoms with Gasteiger partial charge in [-0.3, -0.25) is 0 Å². The monoisotopic (exact) mass is 323 g/mol. The zero-order valence-corrected chi connectivity index (χ0v) is 12.8. The number of nitrogens with zero attached hydrogens (tertiary/aromatic N) is 1. The van der Waals surface area contributed by atoms with Crippen LogP contribution >= 0.6 is 0 Å². The van der Waals surface area contributed by atoms with Crippen molar-refractivity contribution in [3.05, 3.63) is 64.1 Å². The van der Waals surface area contributed by atoms with E-state index in [-0.39, 0.29) is 17.4 Å². The third-order valence-electron chi connectivity index (χ3n) is 4.44. The molecule has 4 rings (SSSR count). The third-order valence-corrected chi connectivity index (χ3v) is 4.44. The molecule has 0 radical (unpaired) electrons. The maximum absolute atomic E-state index is 12.2. The first kappa shape index (κ1) is 14.4. The molecule has 6 heteroatoms. The minimum atomic E-state index is -1.03. The molecule has 0 saturated carbocycles. The second-order valence-corrected chi connectivity index (χ2v) is 5.76. The lowest BCUT2D eigenvalue weighted by Crippen LogP contribution is -2.30. The van der Waals surface area contributed by atoms with E-state index in [1.165, 1.54) is 18.2 Å². The minimum Gasteiger partial charge on any atom is -0.508 e. The summed E-state index contributed by atoms with van der Waals surface area (Å²) >= 11 is 0. The second kappa shape index (κ2) is 4.92. The summed E-state index contributed by atoms with van der Waals surface area (Å²) in [5, 5.41) is 12.7. The van der Waals surface area contributed by atoms with Crippen molar-refractivity contribution in [3.8, 4) is 17.2 Å². The van der Waals surface area contributed by atoms with Gasteiger partial charge < -0.3 is 14.6 Å². The van der Waals surface area contributed by atoms with Crippen LogP contribution in [0.3, 0.4) is 0 Å². The van der Waals surface area contributed by atoms with E-state index < -0.39 is 5.60 Å². The molecule has 1 N–H and O–H groups in total. The molecule has 0 aliphatic carbocycles. The van der Waals surface area contributed by atoms with E-state index in [1.807, 2.05) is 0 Å². The van der Waals surface area contributed by atoms with Crippen molar-refractivity contribution in [2.24, 2.45) is 5.18 Å². The van der Waals surface area contributed by atoms with Crippen molar-refractivity contribution in [1.82, 2.24) is 0 Å². The first-order valence-corrected chi connectivity index (χ1v) is 7.45. The predicted octanol–water partition coefficient (Wildman–Crippen LogP) is 4.03. The van der Waals surface area contributed by atoms with Gasteiger partial charge in [-0.05, 0) is 36.4 Å². The molecule has 120 valence electrons. The highest BCUT2D eigenvalue weighted by atomic mass is 16.6. The van der Waals surface area contributed by atoms with Gasteiger partial charge in [-0.2, -0.15) is 0 Å². The quantitative estimate of drug-likeness (QED) is 0.486. The highest BCUT2D eigenvalue weighted by Crippen LogP contribution is 2.55. The van der Waals surface area contributed by atoms with Crippen LogP contribution in [0.2, 0.25) is 0 Å². The Labute approximate surface area is 137 Å². The summed E-state index contributed by atoms with van der Waals surface area (Å²) in [5.74, 6) is 0.417. The molecule has 1 unspecified atom stereocenters. The maximum Gasteiger partial charge on any atom is 0.335 e. The van der Waals surface area contributed by atoms with Crippen molar-refractivity contribution in [1.29, 1.82) is 0 Å². The molecule has 1 saturated heterocycles. The number of rotatable bonds is 1. The number of phenolic OH excluding ortho intramolecular Hbond substituents is 1. The zero-order chi connectivity index (χ0) is 16.9. The van der Waals surface area contributed by atoms with Gasteiger partial charge in [-0.1, -0.05) is 6.08 Å². The molecule has 0 aromatic heterocycles. The Morgan fingerprint density at radius 2 is 1.88 bits per heavy atom. The average molecular weight is 323 g/mol. The Bertz CT molecular complexity index is 918. The van der Waals surface area contributed by atoms with Gasteiger partial charge >= 0.3 is 5.97 Å². The normalized spacial score (nSPS) is 22.7. The van der Waals surface area contributed by atoms with E-state index in [4.69, 9.17) is 9.47 Å². The number of fused-ring (bicyclic) bond motifs is 4. The lowest BCUT2D eigenvalue weighted by Gasteiger charge is -2.35. The van der Waals surface area contributed by atoms with Crippen LogP contribution in [-0.2, 0) is 15.1 Å². The van der Waals surface area contributed by atoms with Crippen molar-refractivity contribution >= 4 is 11.7 Å². The lowest BCUT2D eigenvalue weighted by atomic mass is 9.80. The van der Waals surface area contributed by atoms with Crippen molar-refractivity contribution in [2.75, 3.05) is 0 Å². The van der Waals surface area contributed by atoms with Gasteiger partial charge in [0.05, 0.1) is 0 Å². The molecule has 0 amide bonds. The minimum absolute atomic E-state index is 0.0348. The molecule has 2 aliphatic heterocycles. The van der Waals surface area contributed by atoms with Gasteiger partial charge in [-0.15, -0.1) is 4.91 Å². The topological polar surface area (TPSA) is 85.2 Å². The van der Waals surface area contributed by atoms with Crippen LogP contribution in [0, 0.1) is 4.91 Å². The van der Waals surface area contributed by atoms with E-state index in [1.54, 1.807) is 31.2 Å². The van der Waals surface area contributed by atoms with Crippen LogP contribution < -0.4 is 4.74 Å². The summed E-state index contributed by atoms with van der Waals surface area (Å²) in [6, 6.07) is 9.42. The van der Waals surface area contributed by atoms with Crippen LogP contribution in [0.5, 0.6) is 17.2 Å². The van der Waals surface area contributed by atoms with E-state index >= 15 is 0 Å². The van der Waals surface area contributed by atoms with Gasteiger partial charge in [0.2, 0.25) is 0 Å². The highest BCUT2D eigenvalue weighted by Gasteiger charge is 2.51. The zero-order valence-electron chi connectivity index (χ0n) is 12.8. The molecular weight excluding hydrogens is 310 g/mol. The van der Waals surface area contributed by atoms with Gasteiger partial charge in [0, 0.05) is 35.3 Å². The van der Waals surface area contributed by atoms with Crippen molar-refractivity contribution < 1.29 is 19.4 Å². The van der Waals surface area contributed by atoms with E-state index in [0.29, 0.717) is 34.6 Å². The number of hydrogen-bond donors (Lipinski definition) is 1. The van der Waals surface area contributed by atoms with Crippen LogP contribution in [-0.4, -0.2) is 11.1 Å². The average Bonchev–Trinajstić information content (AvgIpc) is 2.91. The van der Waals surface area contributed by atoms with Gasteiger partial charge in [-0.25, -0.2) is 4.79 Å². The van der Waals surface area contributed by atoms with Crippen molar-refractivity contribution in [2.45, 2.75) is 18.9 Å². The summed E-state index contributed by atoms with van der Waals surface area (Å²) in [6.45, 7) is 1.78. The second-order valence-electron chi connectivity index (χ2n) is 5.76. The fourth-order valence-electron chi connectivity index (χ4n) is 3.30. The summed E-state index contributed by atoms with van der Waals surface area (Å²) in [5.41, 5.74) is 1.06. The number of carbonyl (C=O) groups is 1. The molecule has 2 aliphatic rings. The number of ether oxygens (including phenoxy) is 2. The molecule has 2 aromatic rings. The smallest absolute Gasteiger partial charge is 0.335 e.